The first-order chi connectivity index (χ1) is 8.16. The van der Waals surface area contributed by atoms with Crippen LogP contribution < -0.4 is 16.0 Å². The Morgan fingerprint density at radius 2 is 2.18 bits per heavy atom. The molecule has 0 aromatic rings. The van der Waals surface area contributed by atoms with Crippen LogP contribution in [0.1, 0.15) is 19.8 Å². The van der Waals surface area contributed by atoms with E-state index in [1.54, 1.807) is 18.7 Å². The van der Waals surface area contributed by atoms with Crippen molar-refractivity contribution in [1.82, 2.24) is 16.0 Å². The standard InChI is InChI=1S/C11H19N3O2S/c1-7(10(15)14-8-2-3-8)13-11(16)9-6-17-5-4-12-9/h7-9,12H,2-6H2,1H3,(H,13,16)(H,14,15). The fourth-order valence-corrected chi connectivity index (χ4v) is 2.60. The van der Waals surface area contributed by atoms with Crippen LogP contribution in [0.25, 0.3) is 0 Å². The Hall–Kier alpha value is -0.750. The molecule has 6 heteroatoms. The van der Waals surface area contributed by atoms with Crippen molar-refractivity contribution in [2.24, 2.45) is 0 Å². The van der Waals surface area contributed by atoms with E-state index in [9.17, 15) is 9.59 Å². The Balaban J connectivity index is 1.73. The van der Waals surface area contributed by atoms with Gasteiger partial charge in [0.05, 0.1) is 6.04 Å². The molecule has 1 saturated heterocycles. The summed E-state index contributed by atoms with van der Waals surface area (Å²) in [5.74, 6) is 1.67. The minimum Gasteiger partial charge on any atom is -0.352 e. The van der Waals surface area contributed by atoms with Crippen LogP contribution in [0.3, 0.4) is 0 Å². The molecule has 0 bridgehead atoms. The van der Waals surface area contributed by atoms with E-state index in [1.165, 1.54) is 0 Å². The summed E-state index contributed by atoms with van der Waals surface area (Å²) in [6.45, 7) is 2.58. The maximum absolute atomic E-state index is 11.8. The van der Waals surface area contributed by atoms with Crippen LogP contribution in [-0.4, -0.2) is 48.0 Å². The summed E-state index contributed by atoms with van der Waals surface area (Å²) >= 11 is 1.76. The SMILES string of the molecule is CC(NC(=O)C1CSCCN1)C(=O)NC1CC1. The van der Waals surface area contributed by atoms with Gasteiger partial charge in [-0.2, -0.15) is 11.8 Å². The number of carbonyl (C=O) groups excluding carboxylic acids is 2. The van der Waals surface area contributed by atoms with Crippen LogP contribution in [0.2, 0.25) is 0 Å². The molecule has 2 amide bonds. The molecule has 1 aliphatic heterocycles. The minimum absolute atomic E-state index is 0.0735. The number of nitrogens with one attached hydrogen (secondary N) is 3. The van der Waals surface area contributed by atoms with E-state index in [-0.39, 0.29) is 17.9 Å². The second-order valence-electron chi connectivity index (χ2n) is 4.59. The van der Waals surface area contributed by atoms with Gasteiger partial charge in [-0.15, -0.1) is 0 Å². The van der Waals surface area contributed by atoms with E-state index in [1.807, 2.05) is 0 Å². The van der Waals surface area contributed by atoms with Crippen molar-refractivity contribution in [3.05, 3.63) is 0 Å². The topological polar surface area (TPSA) is 70.2 Å². The van der Waals surface area contributed by atoms with Gasteiger partial charge in [0, 0.05) is 24.1 Å². The van der Waals surface area contributed by atoms with Crippen molar-refractivity contribution in [2.75, 3.05) is 18.1 Å². The molecule has 1 aliphatic carbocycles. The predicted molar refractivity (Wildman–Crippen MR) is 67.9 cm³/mol. The molecular weight excluding hydrogens is 238 g/mol. The largest absolute Gasteiger partial charge is 0.352 e. The lowest BCUT2D eigenvalue weighted by molar-refractivity contribution is -0.129. The number of rotatable bonds is 4. The van der Waals surface area contributed by atoms with E-state index in [2.05, 4.69) is 16.0 Å². The second-order valence-corrected chi connectivity index (χ2v) is 5.74. The van der Waals surface area contributed by atoms with Crippen molar-refractivity contribution < 1.29 is 9.59 Å². The molecule has 1 heterocycles. The van der Waals surface area contributed by atoms with Crippen molar-refractivity contribution >= 4 is 23.6 Å². The molecule has 0 spiro atoms. The number of carbonyl (C=O) groups is 2. The lowest BCUT2D eigenvalue weighted by Crippen LogP contribution is -2.54. The summed E-state index contributed by atoms with van der Waals surface area (Å²) in [6.07, 6.45) is 2.13. The number of hydrogen-bond donors (Lipinski definition) is 3. The molecule has 3 N–H and O–H groups in total. The highest BCUT2D eigenvalue weighted by Crippen LogP contribution is 2.18. The molecular formula is C11H19N3O2S. The Labute approximate surface area is 105 Å². The normalized spacial score (nSPS) is 26.1. The molecule has 96 valence electrons. The van der Waals surface area contributed by atoms with Crippen LogP contribution in [0.15, 0.2) is 0 Å². The zero-order chi connectivity index (χ0) is 12.3. The molecule has 2 rings (SSSR count). The van der Waals surface area contributed by atoms with Gasteiger partial charge in [0.2, 0.25) is 11.8 Å². The van der Waals surface area contributed by atoms with E-state index in [0.29, 0.717) is 6.04 Å². The van der Waals surface area contributed by atoms with Gasteiger partial charge in [-0.1, -0.05) is 0 Å². The number of amides is 2. The zero-order valence-corrected chi connectivity index (χ0v) is 10.8. The van der Waals surface area contributed by atoms with Crippen LogP contribution in [0.5, 0.6) is 0 Å². The summed E-state index contributed by atoms with van der Waals surface area (Å²) in [5.41, 5.74) is 0. The average molecular weight is 257 g/mol. The van der Waals surface area contributed by atoms with Gasteiger partial charge < -0.3 is 16.0 Å². The van der Waals surface area contributed by atoms with Gasteiger partial charge in [0.1, 0.15) is 6.04 Å². The summed E-state index contributed by atoms with van der Waals surface area (Å²) in [6, 6.07) is -0.271. The Kier molecular flexibility index (Phi) is 4.28. The van der Waals surface area contributed by atoms with E-state index in [4.69, 9.17) is 0 Å². The average Bonchev–Trinajstić information content (AvgIpc) is 3.14. The van der Waals surface area contributed by atoms with Gasteiger partial charge in [-0.25, -0.2) is 0 Å². The molecule has 1 saturated carbocycles. The second kappa shape index (κ2) is 5.73. The molecule has 5 nitrogen and oxygen atoms in total. The van der Waals surface area contributed by atoms with Crippen molar-refractivity contribution in [3.8, 4) is 0 Å². The highest BCUT2D eigenvalue weighted by Gasteiger charge is 2.28. The van der Waals surface area contributed by atoms with Crippen LogP contribution >= 0.6 is 11.8 Å². The first-order valence-corrected chi connectivity index (χ1v) is 7.24. The maximum Gasteiger partial charge on any atom is 0.242 e. The Morgan fingerprint density at radius 3 is 2.76 bits per heavy atom. The first kappa shape index (κ1) is 12.7. The van der Waals surface area contributed by atoms with Gasteiger partial charge in [0.15, 0.2) is 0 Å². The molecule has 17 heavy (non-hydrogen) atoms. The van der Waals surface area contributed by atoms with Gasteiger partial charge in [0.25, 0.3) is 0 Å². The van der Waals surface area contributed by atoms with Crippen LogP contribution in [-0.2, 0) is 9.59 Å². The highest BCUT2D eigenvalue weighted by atomic mass is 32.2. The molecule has 0 aromatic heterocycles. The molecule has 2 unspecified atom stereocenters. The fourth-order valence-electron chi connectivity index (χ4n) is 1.67. The summed E-state index contributed by atoms with van der Waals surface area (Å²) in [4.78, 5) is 23.5. The third-order valence-corrected chi connectivity index (χ3v) is 3.98. The lowest BCUT2D eigenvalue weighted by atomic mass is 10.2. The van der Waals surface area contributed by atoms with Gasteiger partial charge in [-0.3, -0.25) is 9.59 Å². The van der Waals surface area contributed by atoms with Crippen LogP contribution in [0.4, 0.5) is 0 Å². The quantitative estimate of drug-likeness (QED) is 0.633. The summed E-state index contributed by atoms with van der Waals surface area (Å²) in [5, 5.41) is 8.79. The first-order valence-electron chi connectivity index (χ1n) is 6.08. The molecule has 2 aliphatic rings. The zero-order valence-electron chi connectivity index (χ0n) is 9.99. The third-order valence-electron chi connectivity index (χ3n) is 2.91. The fraction of sp³-hybridized carbons (Fsp3) is 0.818. The maximum atomic E-state index is 11.8. The van der Waals surface area contributed by atoms with Crippen molar-refractivity contribution in [1.29, 1.82) is 0 Å². The Morgan fingerprint density at radius 1 is 1.41 bits per heavy atom. The third kappa shape index (κ3) is 3.89. The molecule has 2 atom stereocenters. The number of thioether (sulfide) groups is 1. The molecule has 0 aromatic carbocycles. The summed E-state index contributed by atoms with van der Waals surface area (Å²) in [7, 11) is 0. The number of hydrogen-bond acceptors (Lipinski definition) is 4. The highest BCUT2D eigenvalue weighted by molar-refractivity contribution is 7.99. The van der Waals surface area contributed by atoms with Crippen LogP contribution in [0, 0.1) is 0 Å². The smallest absolute Gasteiger partial charge is 0.242 e. The lowest BCUT2D eigenvalue weighted by Gasteiger charge is -2.24. The van der Waals surface area contributed by atoms with E-state index < -0.39 is 6.04 Å². The minimum atomic E-state index is -0.447. The van der Waals surface area contributed by atoms with E-state index >= 15 is 0 Å². The molecule has 2 fully saturated rings. The monoisotopic (exact) mass is 257 g/mol. The molecule has 0 radical (unpaired) electrons. The van der Waals surface area contributed by atoms with E-state index in [0.717, 1.165) is 30.9 Å². The van der Waals surface area contributed by atoms with Crippen molar-refractivity contribution in [3.63, 3.8) is 0 Å². The Bertz CT molecular complexity index is 301. The van der Waals surface area contributed by atoms with Gasteiger partial charge >= 0.3 is 0 Å². The predicted octanol–water partition coefficient (Wildman–Crippen LogP) is -0.525. The van der Waals surface area contributed by atoms with Gasteiger partial charge in [-0.05, 0) is 19.8 Å². The van der Waals surface area contributed by atoms with Crippen molar-refractivity contribution in [2.45, 2.75) is 37.9 Å². The summed E-state index contributed by atoms with van der Waals surface area (Å²) < 4.78 is 0.